The van der Waals surface area contributed by atoms with Crippen LogP contribution >= 0.6 is 11.6 Å². The van der Waals surface area contributed by atoms with Crippen molar-refractivity contribution in [1.29, 1.82) is 0 Å². The quantitative estimate of drug-likeness (QED) is 0.675. The minimum atomic E-state index is -0.746. The molecule has 2 rings (SSSR count). The fourth-order valence-corrected chi connectivity index (χ4v) is 1.94. The third-order valence-corrected chi connectivity index (χ3v) is 3.46. The number of carbonyl (C=O) groups excluding carboxylic acids is 1. The van der Waals surface area contributed by atoms with Gasteiger partial charge in [-0.05, 0) is 56.2 Å². The van der Waals surface area contributed by atoms with Gasteiger partial charge >= 0.3 is 5.97 Å². The Kier molecular flexibility index (Phi) is 4.89. The maximum atomic E-state index is 11.8. The third kappa shape index (κ3) is 4.09. The van der Waals surface area contributed by atoms with Crippen molar-refractivity contribution in [2.75, 3.05) is 0 Å². The average Bonchev–Trinajstić information content (AvgIpc) is 2.47. The largest absolute Gasteiger partial charge is 0.426 e. The minimum Gasteiger partial charge on any atom is -0.426 e. The summed E-state index contributed by atoms with van der Waals surface area (Å²) in [6.07, 6.45) is -0.746. The summed E-state index contributed by atoms with van der Waals surface area (Å²) in [5.41, 5.74) is 0.920. The van der Waals surface area contributed by atoms with Crippen LogP contribution in [0.4, 0.5) is 0 Å². The molecular weight excluding hydrogens is 300 g/mol. The van der Waals surface area contributed by atoms with Crippen molar-refractivity contribution in [2.24, 2.45) is 5.41 Å². The Bertz CT molecular complexity index is 640. The van der Waals surface area contributed by atoms with Gasteiger partial charge in [0.25, 0.3) is 0 Å². The monoisotopic (exact) mass is 318 g/mol. The summed E-state index contributed by atoms with van der Waals surface area (Å²) in [6, 6.07) is 13.9. The fourth-order valence-electron chi connectivity index (χ4n) is 1.82. The molecule has 0 aliphatic heterocycles. The summed E-state index contributed by atoms with van der Waals surface area (Å²) in [5, 5.41) is 11.0. The second-order valence-corrected chi connectivity index (χ2v) is 6.60. The molecule has 0 heterocycles. The zero-order valence-electron chi connectivity index (χ0n) is 12.8. The lowest BCUT2D eigenvalue weighted by molar-refractivity contribution is -0.142. The van der Waals surface area contributed by atoms with Crippen molar-refractivity contribution in [2.45, 2.75) is 26.9 Å². The molecule has 116 valence electrons. The minimum absolute atomic E-state index is 0.293. The molecule has 0 aliphatic rings. The SMILES string of the molecule is CC(C)(C)C(=O)Oc1ccc(C(O)c2ccc(Cl)cc2)cc1. The van der Waals surface area contributed by atoms with E-state index >= 15 is 0 Å². The molecule has 0 saturated heterocycles. The number of aliphatic hydroxyl groups excluding tert-OH is 1. The van der Waals surface area contributed by atoms with Gasteiger partial charge in [0.2, 0.25) is 0 Å². The average molecular weight is 319 g/mol. The molecule has 0 saturated carbocycles. The molecule has 0 amide bonds. The van der Waals surface area contributed by atoms with Gasteiger partial charge in [-0.3, -0.25) is 4.79 Å². The van der Waals surface area contributed by atoms with E-state index in [0.29, 0.717) is 10.8 Å². The first kappa shape index (κ1) is 16.5. The smallest absolute Gasteiger partial charge is 0.316 e. The van der Waals surface area contributed by atoms with Gasteiger partial charge in [-0.25, -0.2) is 0 Å². The van der Waals surface area contributed by atoms with Gasteiger partial charge in [0.1, 0.15) is 11.9 Å². The van der Waals surface area contributed by atoms with E-state index in [1.807, 2.05) is 0 Å². The second-order valence-electron chi connectivity index (χ2n) is 6.16. The van der Waals surface area contributed by atoms with Crippen LogP contribution in [0.3, 0.4) is 0 Å². The van der Waals surface area contributed by atoms with Crippen molar-refractivity contribution in [3.05, 3.63) is 64.7 Å². The number of rotatable bonds is 3. The molecule has 2 aromatic carbocycles. The Morgan fingerprint density at radius 1 is 1.00 bits per heavy atom. The summed E-state index contributed by atoms with van der Waals surface area (Å²) in [5.74, 6) is 0.172. The maximum Gasteiger partial charge on any atom is 0.316 e. The third-order valence-electron chi connectivity index (χ3n) is 3.20. The number of halogens is 1. The lowest BCUT2D eigenvalue weighted by atomic mass is 9.97. The van der Waals surface area contributed by atoms with E-state index in [9.17, 15) is 9.90 Å². The standard InChI is InChI=1S/C18H19ClO3/c1-18(2,3)17(21)22-15-10-6-13(7-11-15)16(20)12-4-8-14(19)9-5-12/h4-11,16,20H,1-3H3. The van der Waals surface area contributed by atoms with Crippen LogP contribution in [0.15, 0.2) is 48.5 Å². The first-order valence-electron chi connectivity index (χ1n) is 7.03. The van der Waals surface area contributed by atoms with Crippen LogP contribution in [0.25, 0.3) is 0 Å². The van der Waals surface area contributed by atoms with Crippen molar-refractivity contribution in [3.63, 3.8) is 0 Å². The Balaban J connectivity index is 2.11. The highest BCUT2D eigenvalue weighted by Crippen LogP contribution is 2.26. The predicted octanol–water partition coefficient (Wildman–Crippen LogP) is 4.37. The lowest BCUT2D eigenvalue weighted by Gasteiger charge is -2.17. The van der Waals surface area contributed by atoms with Crippen molar-refractivity contribution >= 4 is 17.6 Å². The van der Waals surface area contributed by atoms with E-state index in [0.717, 1.165) is 11.1 Å². The highest BCUT2D eigenvalue weighted by atomic mass is 35.5. The van der Waals surface area contributed by atoms with Gasteiger partial charge in [-0.2, -0.15) is 0 Å². The molecule has 2 aromatic rings. The van der Waals surface area contributed by atoms with E-state index in [4.69, 9.17) is 16.3 Å². The summed E-state index contributed by atoms with van der Waals surface area (Å²) in [7, 11) is 0. The summed E-state index contributed by atoms with van der Waals surface area (Å²) in [6.45, 7) is 5.40. The number of aliphatic hydroxyl groups is 1. The maximum absolute atomic E-state index is 11.8. The first-order valence-corrected chi connectivity index (χ1v) is 7.41. The van der Waals surface area contributed by atoms with Crippen LogP contribution in [-0.4, -0.2) is 11.1 Å². The summed E-state index contributed by atoms with van der Waals surface area (Å²) >= 11 is 5.84. The van der Waals surface area contributed by atoms with Crippen molar-refractivity contribution in [3.8, 4) is 5.75 Å². The molecule has 3 nitrogen and oxygen atoms in total. The fraction of sp³-hybridized carbons (Fsp3) is 0.278. The number of carbonyl (C=O) groups is 1. The molecule has 0 aromatic heterocycles. The molecule has 22 heavy (non-hydrogen) atoms. The van der Waals surface area contributed by atoms with Crippen LogP contribution in [0.1, 0.15) is 38.0 Å². The molecule has 0 fully saturated rings. The molecule has 0 radical (unpaired) electrons. The summed E-state index contributed by atoms with van der Waals surface area (Å²) in [4.78, 5) is 11.8. The van der Waals surface area contributed by atoms with Crippen LogP contribution < -0.4 is 4.74 Å². The predicted molar refractivity (Wildman–Crippen MR) is 87.0 cm³/mol. The Labute approximate surface area is 135 Å². The van der Waals surface area contributed by atoms with Gasteiger partial charge in [0, 0.05) is 5.02 Å². The van der Waals surface area contributed by atoms with Crippen molar-refractivity contribution < 1.29 is 14.6 Å². The normalized spacial score (nSPS) is 12.8. The van der Waals surface area contributed by atoms with Gasteiger partial charge in [-0.1, -0.05) is 35.9 Å². The van der Waals surface area contributed by atoms with E-state index in [1.54, 1.807) is 69.3 Å². The Morgan fingerprint density at radius 3 is 1.91 bits per heavy atom. The number of ether oxygens (including phenoxy) is 1. The van der Waals surface area contributed by atoms with Gasteiger partial charge < -0.3 is 9.84 Å². The van der Waals surface area contributed by atoms with Crippen LogP contribution in [0, 0.1) is 5.41 Å². The molecular formula is C18H19ClO3. The summed E-state index contributed by atoms with van der Waals surface area (Å²) < 4.78 is 5.30. The molecule has 1 unspecified atom stereocenters. The van der Waals surface area contributed by atoms with Crippen LogP contribution in [-0.2, 0) is 4.79 Å². The van der Waals surface area contributed by atoms with E-state index in [2.05, 4.69) is 0 Å². The Morgan fingerprint density at radius 2 is 1.45 bits per heavy atom. The lowest BCUT2D eigenvalue weighted by Crippen LogP contribution is -2.25. The van der Waals surface area contributed by atoms with Gasteiger partial charge in [-0.15, -0.1) is 0 Å². The zero-order chi connectivity index (χ0) is 16.3. The molecule has 4 heteroatoms. The highest BCUT2D eigenvalue weighted by Gasteiger charge is 2.23. The number of hydrogen-bond acceptors (Lipinski definition) is 3. The van der Waals surface area contributed by atoms with Crippen molar-refractivity contribution in [1.82, 2.24) is 0 Å². The molecule has 0 spiro atoms. The highest BCUT2D eigenvalue weighted by molar-refractivity contribution is 6.30. The second kappa shape index (κ2) is 6.51. The Hall–Kier alpha value is -1.84. The molecule has 1 N–H and O–H groups in total. The number of hydrogen-bond donors (Lipinski definition) is 1. The first-order chi connectivity index (χ1) is 10.3. The van der Waals surface area contributed by atoms with Crippen LogP contribution in [0.5, 0.6) is 5.75 Å². The van der Waals surface area contributed by atoms with E-state index < -0.39 is 11.5 Å². The van der Waals surface area contributed by atoms with E-state index in [-0.39, 0.29) is 5.97 Å². The number of esters is 1. The zero-order valence-corrected chi connectivity index (χ0v) is 13.6. The van der Waals surface area contributed by atoms with Crippen LogP contribution in [0.2, 0.25) is 5.02 Å². The number of benzene rings is 2. The van der Waals surface area contributed by atoms with E-state index in [1.165, 1.54) is 0 Å². The molecule has 0 aliphatic carbocycles. The van der Waals surface area contributed by atoms with Gasteiger partial charge in [0.15, 0.2) is 0 Å². The molecule has 0 bridgehead atoms. The van der Waals surface area contributed by atoms with Gasteiger partial charge in [0.05, 0.1) is 5.41 Å². The molecule has 1 atom stereocenters. The topological polar surface area (TPSA) is 46.5 Å².